The predicted molar refractivity (Wildman–Crippen MR) is 175 cm³/mol. The van der Waals surface area contributed by atoms with E-state index in [2.05, 4.69) is 33.9 Å². The quantitative estimate of drug-likeness (QED) is 0.120. The van der Waals surface area contributed by atoms with E-state index in [0.717, 1.165) is 27.8 Å². The number of esters is 1. The summed E-state index contributed by atoms with van der Waals surface area (Å²) in [6, 6.07) is 30.6. The highest BCUT2D eigenvalue weighted by Gasteiger charge is 2.62. The van der Waals surface area contributed by atoms with Crippen LogP contribution in [-0.2, 0) is 19.8 Å². The Bertz CT molecular complexity index is 1730. The number of hydrogen-bond acceptors (Lipinski definition) is 6. The number of cyclic esters (lactones) is 1. The predicted octanol–water partition coefficient (Wildman–Crippen LogP) is 7.59. The van der Waals surface area contributed by atoms with Gasteiger partial charge in [0.1, 0.15) is 11.3 Å². The van der Waals surface area contributed by atoms with Crippen molar-refractivity contribution in [3.05, 3.63) is 125 Å². The van der Waals surface area contributed by atoms with E-state index < -0.39 is 43.8 Å². The Labute approximate surface area is 264 Å². The number of fused-ring (bicyclic) bond motifs is 3. The molecule has 45 heavy (non-hydrogen) atoms. The third-order valence-electron chi connectivity index (χ3n) is 9.49. The van der Waals surface area contributed by atoms with Crippen LogP contribution in [0.3, 0.4) is 0 Å². The number of carbonyl (C=O) groups is 3. The van der Waals surface area contributed by atoms with Gasteiger partial charge in [-0.05, 0) is 70.2 Å². The van der Waals surface area contributed by atoms with Gasteiger partial charge < -0.3 is 13.9 Å². The van der Waals surface area contributed by atoms with E-state index in [-0.39, 0.29) is 5.04 Å². The molecule has 0 N–H and O–H groups in total. The summed E-state index contributed by atoms with van der Waals surface area (Å²) in [4.78, 5) is 43.4. The number of nitrogens with zero attached hydrogens (tertiary/aromatic N) is 1. The van der Waals surface area contributed by atoms with Crippen molar-refractivity contribution in [2.24, 2.45) is 0 Å². The van der Waals surface area contributed by atoms with Crippen molar-refractivity contribution >= 4 is 26.2 Å². The average molecular weight is 620 g/mol. The first kappa shape index (κ1) is 30.3. The molecule has 0 radical (unpaired) electrons. The lowest BCUT2D eigenvalue weighted by molar-refractivity contribution is -0.147. The van der Waals surface area contributed by atoms with Crippen molar-refractivity contribution in [2.75, 3.05) is 7.11 Å². The molecule has 0 aromatic heterocycles. The average Bonchev–Trinajstić information content (AvgIpc) is 3.53. The van der Waals surface area contributed by atoms with Gasteiger partial charge in [0.15, 0.2) is 12.1 Å². The first-order chi connectivity index (χ1) is 21.4. The summed E-state index contributed by atoms with van der Waals surface area (Å²) in [6.45, 7) is 10.8. The second-order valence-corrected chi connectivity index (χ2v) is 17.8. The van der Waals surface area contributed by atoms with Crippen LogP contribution in [0.25, 0.3) is 11.1 Å². The zero-order valence-electron chi connectivity index (χ0n) is 26.4. The minimum Gasteiger partial charge on any atom is -0.544 e. The standard InChI is InChI=1S/C37H37NO6Si/c1-36(2,3)45(5,6)44-26-22-20-24(21-23-26)32(39)33-31(34(40)42-4)38(35(41)43-33)37(25-14-8-7-9-15-25)29-18-12-10-16-27(29)28-17-11-13-19-30(28)37/h7-23,31,33H,1-6H3/t31-,33-/m0/s1. The number of carbonyl (C=O) groups excluding carboxylic acids is 3. The fraction of sp³-hybridized carbons (Fsp3) is 0.270. The Kier molecular flexibility index (Phi) is 7.44. The SMILES string of the molecule is COC(=O)[C@@H]1[C@@H](C(=O)c2ccc(O[Si](C)(C)C(C)(C)C)cc2)OC(=O)N1C1(c2ccccc2)c2ccccc2-c2ccccc21. The van der Waals surface area contributed by atoms with E-state index in [4.69, 9.17) is 13.9 Å². The number of amides is 1. The van der Waals surface area contributed by atoms with E-state index in [0.29, 0.717) is 11.3 Å². The summed E-state index contributed by atoms with van der Waals surface area (Å²) in [5.41, 5.74) is 3.27. The molecule has 6 rings (SSSR count). The summed E-state index contributed by atoms with van der Waals surface area (Å²) in [7, 11) is -0.847. The fourth-order valence-corrected chi connectivity index (χ4v) is 7.30. The monoisotopic (exact) mass is 619 g/mol. The molecule has 0 spiro atoms. The highest BCUT2D eigenvalue weighted by molar-refractivity contribution is 6.74. The molecule has 4 aromatic carbocycles. The molecular weight excluding hydrogens is 582 g/mol. The highest BCUT2D eigenvalue weighted by atomic mass is 28.4. The Morgan fingerprint density at radius 3 is 1.87 bits per heavy atom. The van der Waals surface area contributed by atoms with Gasteiger partial charge in [0, 0.05) is 5.56 Å². The lowest BCUT2D eigenvalue weighted by Crippen LogP contribution is -2.56. The molecule has 4 aromatic rings. The zero-order valence-corrected chi connectivity index (χ0v) is 27.4. The second-order valence-electron chi connectivity index (χ2n) is 13.1. The topological polar surface area (TPSA) is 82.1 Å². The Balaban J connectivity index is 1.46. The Hall–Kier alpha value is -4.69. The van der Waals surface area contributed by atoms with E-state index >= 15 is 0 Å². The number of methoxy groups -OCH3 is 1. The summed E-state index contributed by atoms with van der Waals surface area (Å²) >= 11 is 0. The van der Waals surface area contributed by atoms with Crippen molar-refractivity contribution < 1.29 is 28.3 Å². The first-order valence-corrected chi connectivity index (χ1v) is 18.0. The molecule has 2 aliphatic rings. The smallest absolute Gasteiger partial charge is 0.412 e. The zero-order chi connectivity index (χ0) is 32.1. The van der Waals surface area contributed by atoms with Crippen LogP contribution in [0, 0.1) is 0 Å². The molecule has 8 heteroatoms. The van der Waals surface area contributed by atoms with Crippen molar-refractivity contribution in [1.82, 2.24) is 4.90 Å². The van der Waals surface area contributed by atoms with E-state index in [1.165, 1.54) is 12.0 Å². The van der Waals surface area contributed by atoms with Crippen molar-refractivity contribution in [3.63, 3.8) is 0 Å². The molecule has 0 bridgehead atoms. The third-order valence-corrected chi connectivity index (χ3v) is 13.8. The van der Waals surface area contributed by atoms with E-state index in [1.54, 1.807) is 24.3 Å². The molecule has 1 fully saturated rings. The first-order valence-electron chi connectivity index (χ1n) is 15.1. The maximum atomic E-state index is 14.2. The van der Waals surface area contributed by atoms with Gasteiger partial charge in [-0.2, -0.15) is 0 Å². The normalized spacial score (nSPS) is 18.5. The lowest BCUT2D eigenvalue weighted by atomic mass is 9.78. The Morgan fingerprint density at radius 2 is 1.33 bits per heavy atom. The largest absolute Gasteiger partial charge is 0.544 e. The molecule has 0 unspecified atom stereocenters. The van der Waals surface area contributed by atoms with Crippen LogP contribution < -0.4 is 4.43 Å². The van der Waals surface area contributed by atoms with Gasteiger partial charge in [0.05, 0.1) is 7.11 Å². The number of Topliss-reactive ketones (excluding diaryl/α,β-unsaturated/α-hetero) is 1. The minimum absolute atomic E-state index is 0.00290. The van der Waals surface area contributed by atoms with E-state index in [1.807, 2.05) is 78.9 Å². The number of ketones is 1. The fourth-order valence-electron chi connectivity index (χ4n) is 6.27. The molecule has 0 saturated carbocycles. The molecule has 1 aliphatic carbocycles. The van der Waals surface area contributed by atoms with Crippen LogP contribution in [0.5, 0.6) is 5.75 Å². The van der Waals surface area contributed by atoms with Crippen LogP contribution >= 0.6 is 0 Å². The van der Waals surface area contributed by atoms with Gasteiger partial charge in [-0.1, -0.05) is 99.6 Å². The number of benzene rings is 4. The molecular formula is C37H37NO6Si. The van der Waals surface area contributed by atoms with Gasteiger partial charge in [0.25, 0.3) is 0 Å². The Morgan fingerprint density at radius 1 is 0.800 bits per heavy atom. The summed E-state index contributed by atoms with van der Waals surface area (Å²) in [5, 5.41) is 0.00290. The van der Waals surface area contributed by atoms with Crippen LogP contribution in [0.2, 0.25) is 18.1 Å². The molecule has 230 valence electrons. The van der Waals surface area contributed by atoms with Crippen LogP contribution in [0.4, 0.5) is 4.79 Å². The number of ether oxygens (including phenoxy) is 2. The van der Waals surface area contributed by atoms with Crippen molar-refractivity contribution in [2.45, 2.75) is 56.6 Å². The van der Waals surface area contributed by atoms with Gasteiger partial charge in [-0.3, -0.25) is 9.69 Å². The highest BCUT2D eigenvalue weighted by Crippen LogP contribution is 2.56. The number of hydrogen-bond donors (Lipinski definition) is 0. The van der Waals surface area contributed by atoms with Crippen molar-refractivity contribution in [1.29, 1.82) is 0 Å². The summed E-state index contributed by atoms with van der Waals surface area (Å²) in [6.07, 6.45) is -2.21. The van der Waals surface area contributed by atoms with Gasteiger partial charge in [-0.15, -0.1) is 0 Å². The molecule has 2 atom stereocenters. The van der Waals surface area contributed by atoms with Gasteiger partial charge >= 0.3 is 12.1 Å². The van der Waals surface area contributed by atoms with Crippen LogP contribution in [0.15, 0.2) is 103 Å². The van der Waals surface area contributed by atoms with Crippen LogP contribution in [0.1, 0.15) is 47.8 Å². The molecule has 7 nitrogen and oxygen atoms in total. The van der Waals surface area contributed by atoms with Gasteiger partial charge in [0.2, 0.25) is 14.1 Å². The minimum atomic E-state index is -2.10. The molecule has 1 saturated heterocycles. The van der Waals surface area contributed by atoms with Crippen LogP contribution in [-0.4, -0.2) is 50.3 Å². The number of rotatable bonds is 7. The maximum absolute atomic E-state index is 14.2. The third kappa shape index (κ3) is 4.75. The summed E-state index contributed by atoms with van der Waals surface area (Å²) in [5.74, 6) is -0.577. The van der Waals surface area contributed by atoms with E-state index in [9.17, 15) is 14.4 Å². The molecule has 1 amide bonds. The molecule has 1 heterocycles. The lowest BCUT2D eigenvalue weighted by Gasteiger charge is -2.42. The maximum Gasteiger partial charge on any atom is 0.412 e. The second kappa shape index (κ2) is 11.0. The molecule has 1 aliphatic heterocycles. The summed E-state index contributed by atoms with van der Waals surface area (Å²) < 4.78 is 17.5. The van der Waals surface area contributed by atoms with Crippen molar-refractivity contribution in [3.8, 4) is 16.9 Å². The van der Waals surface area contributed by atoms with Gasteiger partial charge in [-0.25, -0.2) is 9.59 Å².